The van der Waals surface area contributed by atoms with Gasteiger partial charge in [-0.3, -0.25) is 10.2 Å². The van der Waals surface area contributed by atoms with Gasteiger partial charge in [-0.05, 0) is 31.4 Å². The van der Waals surface area contributed by atoms with Crippen molar-refractivity contribution in [3.63, 3.8) is 0 Å². The predicted octanol–water partition coefficient (Wildman–Crippen LogP) is 2.44. The number of amidine groups is 1. The molecule has 100 valence electrons. The van der Waals surface area contributed by atoms with Crippen LogP contribution < -0.4 is 0 Å². The fourth-order valence-corrected chi connectivity index (χ4v) is 2.44. The van der Waals surface area contributed by atoms with Crippen LogP contribution in [0.15, 0.2) is 35.6 Å². The van der Waals surface area contributed by atoms with Gasteiger partial charge < -0.3 is 10.0 Å². The van der Waals surface area contributed by atoms with Gasteiger partial charge in [-0.1, -0.05) is 24.3 Å². The molecule has 2 rings (SSSR count). The zero-order chi connectivity index (χ0) is 14.0. The number of Topliss-reactive ketones (excluding diaryl/α,β-unsaturated/α-hetero) is 1. The maximum atomic E-state index is 11.5. The Hall–Kier alpha value is -2.10. The predicted molar refractivity (Wildman–Crippen MR) is 74.3 cm³/mol. The molecule has 0 saturated heterocycles. The molecule has 2 N–H and O–H groups in total. The van der Waals surface area contributed by atoms with Gasteiger partial charge in [0.25, 0.3) is 0 Å². The highest BCUT2D eigenvalue weighted by Gasteiger charge is 2.23. The minimum Gasteiger partial charge on any atom is -0.512 e. The number of nitrogens with zero attached hydrogens (tertiary/aromatic N) is 1. The molecule has 0 fully saturated rings. The number of carbonyl (C=O) groups excluding carboxylic acids is 1. The lowest BCUT2D eigenvalue weighted by molar-refractivity contribution is -0.113. The van der Waals surface area contributed by atoms with Crippen molar-refractivity contribution in [3.05, 3.63) is 46.7 Å². The van der Waals surface area contributed by atoms with Crippen LogP contribution in [-0.2, 0) is 17.8 Å². The summed E-state index contributed by atoms with van der Waals surface area (Å²) < 4.78 is 0. The number of hydrogen-bond donors (Lipinski definition) is 2. The van der Waals surface area contributed by atoms with E-state index in [1.807, 2.05) is 23.1 Å². The van der Waals surface area contributed by atoms with Crippen molar-refractivity contribution in [1.29, 1.82) is 5.41 Å². The largest absolute Gasteiger partial charge is 0.512 e. The Morgan fingerprint density at radius 1 is 1.26 bits per heavy atom. The van der Waals surface area contributed by atoms with E-state index >= 15 is 0 Å². The first-order valence-corrected chi connectivity index (χ1v) is 6.32. The summed E-state index contributed by atoms with van der Waals surface area (Å²) in [5.74, 6) is -0.248. The summed E-state index contributed by atoms with van der Waals surface area (Å²) in [6, 6.07) is 8.12. The smallest absolute Gasteiger partial charge is 0.166 e. The highest BCUT2D eigenvalue weighted by Crippen LogP contribution is 2.20. The van der Waals surface area contributed by atoms with Gasteiger partial charge in [-0.2, -0.15) is 0 Å². The number of carbonyl (C=O) groups is 1. The number of fused-ring (bicyclic) bond motifs is 1. The van der Waals surface area contributed by atoms with Crippen molar-refractivity contribution in [2.24, 2.45) is 0 Å². The molecule has 1 heterocycles. The van der Waals surface area contributed by atoms with E-state index < -0.39 is 0 Å². The van der Waals surface area contributed by atoms with Crippen LogP contribution in [0.5, 0.6) is 0 Å². The van der Waals surface area contributed by atoms with Gasteiger partial charge in [0.15, 0.2) is 5.78 Å². The zero-order valence-corrected chi connectivity index (χ0v) is 11.2. The minimum atomic E-state index is -0.274. The first-order valence-electron chi connectivity index (χ1n) is 6.32. The first kappa shape index (κ1) is 13.3. The maximum Gasteiger partial charge on any atom is 0.166 e. The molecule has 0 radical (unpaired) electrons. The van der Waals surface area contributed by atoms with E-state index in [1.165, 1.54) is 25.0 Å². The molecule has 1 aromatic carbocycles. The molecule has 0 saturated carbocycles. The van der Waals surface area contributed by atoms with Crippen LogP contribution in [0.4, 0.5) is 0 Å². The fourth-order valence-electron chi connectivity index (χ4n) is 2.44. The summed E-state index contributed by atoms with van der Waals surface area (Å²) in [5.41, 5.74) is 2.58. The highest BCUT2D eigenvalue weighted by atomic mass is 16.3. The average Bonchev–Trinajstić information content (AvgIpc) is 2.37. The van der Waals surface area contributed by atoms with E-state index in [0.717, 1.165) is 6.42 Å². The van der Waals surface area contributed by atoms with Gasteiger partial charge >= 0.3 is 0 Å². The lowest BCUT2D eigenvalue weighted by Crippen LogP contribution is -2.38. The van der Waals surface area contributed by atoms with E-state index in [0.29, 0.717) is 13.1 Å². The topological polar surface area (TPSA) is 64.4 Å². The molecule has 4 heteroatoms. The van der Waals surface area contributed by atoms with Crippen LogP contribution in [0.1, 0.15) is 25.0 Å². The molecule has 0 atom stereocenters. The molecule has 0 unspecified atom stereocenters. The summed E-state index contributed by atoms with van der Waals surface area (Å²) in [7, 11) is 0. The molecular formula is C15H18N2O2. The Labute approximate surface area is 112 Å². The van der Waals surface area contributed by atoms with Crippen molar-refractivity contribution in [1.82, 2.24) is 4.90 Å². The van der Waals surface area contributed by atoms with Crippen LogP contribution in [0.25, 0.3) is 0 Å². The number of hydrogen-bond acceptors (Lipinski definition) is 3. The summed E-state index contributed by atoms with van der Waals surface area (Å²) in [6.07, 6.45) is 0.855. The normalized spacial score (nSPS) is 15.6. The van der Waals surface area contributed by atoms with Gasteiger partial charge in [0.05, 0.1) is 5.57 Å². The second-order valence-corrected chi connectivity index (χ2v) is 4.81. The van der Waals surface area contributed by atoms with Crippen LogP contribution in [0, 0.1) is 5.41 Å². The fraction of sp³-hybridized carbons (Fsp3) is 0.333. The number of nitrogens with one attached hydrogen (secondary N) is 1. The van der Waals surface area contributed by atoms with E-state index in [-0.39, 0.29) is 23.0 Å². The van der Waals surface area contributed by atoms with Gasteiger partial charge in [-0.25, -0.2) is 0 Å². The molecule has 0 amide bonds. The molecule has 1 aromatic rings. The first-order chi connectivity index (χ1) is 9.00. The number of benzene rings is 1. The lowest BCUT2D eigenvalue weighted by atomic mass is 9.98. The Morgan fingerprint density at radius 3 is 2.47 bits per heavy atom. The second-order valence-electron chi connectivity index (χ2n) is 4.81. The van der Waals surface area contributed by atoms with Crippen LogP contribution in [0.3, 0.4) is 0 Å². The number of aliphatic hydroxyl groups is 1. The quantitative estimate of drug-likeness (QED) is 0.370. The number of ketones is 1. The molecule has 0 aliphatic carbocycles. The summed E-state index contributed by atoms with van der Waals surface area (Å²) in [5, 5.41) is 17.7. The molecule has 0 spiro atoms. The second kappa shape index (κ2) is 5.26. The van der Waals surface area contributed by atoms with Crippen LogP contribution in [-0.4, -0.2) is 28.2 Å². The molecule has 1 aliphatic heterocycles. The Balaban J connectivity index is 2.24. The van der Waals surface area contributed by atoms with E-state index in [4.69, 9.17) is 5.41 Å². The van der Waals surface area contributed by atoms with Crippen molar-refractivity contribution < 1.29 is 9.90 Å². The molecule has 4 nitrogen and oxygen atoms in total. The Morgan fingerprint density at radius 2 is 1.89 bits per heavy atom. The van der Waals surface area contributed by atoms with Crippen LogP contribution in [0.2, 0.25) is 0 Å². The van der Waals surface area contributed by atoms with Gasteiger partial charge in [0.1, 0.15) is 11.6 Å². The maximum absolute atomic E-state index is 11.5. The SMILES string of the molecule is CC(=O)/C(C(=N)N1CCc2ccccc2C1)=C(\C)O. The Kier molecular flexibility index (Phi) is 3.69. The number of allylic oxidation sites excluding steroid dienone is 1. The van der Waals surface area contributed by atoms with Gasteiger partial charge in [0.2, 0.25) is 0 Å². The third kappa shape index (κ3) is 2.67. The third-order valence-electron chi connectivity index (χ3n) is 3.40. The minimum absolute atomic E-state index is 0.0867. The van der Waals surface area contributed by atoms with Crippen molar-refractivity contribution in [2.75, 3.05) is 6.54 Å². The van der Waals surface area contributed by atoms with Gasteiger partial charge in [0, 0.05) is 13.1 Å². The molecule has 19 heavy (non-hydrogen) atoms. The van der Waals surface area contributed by atoms with Gasteiger partial charge in [-0.15, -0.1) is 0 Å². The van der Waals surface area contributed by atoms with Crippen molar-refractivity contribution in [3.8, 4) is 0 Å². The molecule has 0 aromatic heterocycles. The lowest BCUT2D eigenvalue weighted by Gasteiger charge is -2.31. The van der Waals surface area contributed by atoms with E-state index in [9.17, 15) is 9.90 Å². The van der Waals surface area contributed by atoms with E-state index in [2.05, 4.69) is 6.07 Å². The van der Waals surface area contributed by atoms with E-state index in [1.54, 1.807) is 0 Å². The van der Waals surface area contributed by atoms with Crippen LogP contribution >= 0.6 is 0 Å². The summed E-state index contributed by atoms with van der Waals surface area (Å²) >= 11 is 0. The standard InChI is InChI=1S/C15H18N2O2/c1-10(18)14(11(2)19)15(16)17-8-7-12-5-3-4-6-13(12)9-17/h3-6,16,18H,7-9H2,1-2H3/b14-10-,16-15?. The number of rotatable bonds is 2. The average molecular weight is 258 g/mol. The molecular weight excluding hydrogens is 240 g/mol. The number of aliphatic hydroxyl groups excluding tert-OH is 1. The summed E-state index contributed by atoms with van der Waals surface area (Å²) in [6.45, 7) is 4.13. The van der Waals surface area contributed by atoms with Crippen molar-refractivity contribution >= 4 is 11.6 Å². The highest BCUT2D eigenvalue weighted by molar-refractivity contribution is 6.19. The monoisotopic (exact) mass is 258 g/mol. The Bertz CT molecular complexity index is 557. The summed E-state index contributed by atoms with van der Waals surface area (Å²) in [4.78, 5) is 13.4. The zero-order valence-electron chi connectivity index (χ0n) is 11.2. The third-order valence-corrected chi connectivity index (χ3v) is 3.40. The van der Waals surface area contributed by atoms with Crippen molar-refractivity contribution in [2.45, 2.75) is 26.8 Å². The molecule has 0 bridgehead atoms. The molecule has 1 aliphatic rings.